The molecule has 0 saturated carbocycles. The number of fused-ring (bicyclic) bond motifs is 2. The minimum Gasteiger partial charge on any atom is -0.382 e. The number of ether oxygens (including phenoxy) is 2. The first kappa shape index (κ1) is 20.6. The maximum absolute atomic E-state index is 5.91. The summed E-state index contributed by atoms with van der Waals surface area (Å²) in [6, 6.07) is 6.77. The molecule has 6 heteroatoms. The Hall–Kier alpha value is -1.63. The van der Waals surface area contributed by atoms with Gasteiger partial charge in [0.05, 0.1) is 11.6 Å². The molecule has 156 valence electrons. The number of aryl methyl sites for hydroxylation is 2. The van der Waals surface area contributed by atoms with E-state index in [9.17, 15) is 0 Å². The van der Waals surface area contributed by atoms with E-state index in [0.29, 0.717) is 6.10 Å². The summed E-state index contributed by atoms with van der Waals surface area (Å²) < 4.78 is 11.4. The number of amidine groups is 1. The molecule has 0 spiro atoms. The van der Waals surface area contributed by atoms with Crippen LogP contribution in [0.3, 0.4) is 0 Å². The molecule has 3 heterocycles. The number of aromatic nitrogens is 1. The van der Waals surface area contributed by atoms with Gasteiger partial charge in [0.2, 0.25) is 0 Å². The van der Waals surface area contributed by atoms with E-state index in [2.05, 4.69) is 36.9 Å². The van der Waals surface area contributed by atoms with Crippen LogP contribution in [0.1, 0.15) is 42.9 Å². The third kappa shape index (κ3) is 4.93. The molecule has 1 atom stereocenters. The molecule has 0 aliphatic carbocycles. The maximum atomic E-state index is 5.91. The Morgan fingerprint density at radius 2 is 2.21 bits per heavy atom. The van der Waals surface area contributed by atoms with Crippen LogP contribution >= 0.6 is 11.8 Å². The molecule has 1 fully saturated rings. The zero-order valence-electron chi connectivity index (χ0n) is 17.7. The number of rotatable bonds is 7. The maximum Gasteiger partial charge on any atom is 0.165 e. The highest BCUT2D eigenvalue weighted by Crippen LogP contribution is 2.35. The second-order valence-corrected chi connectivity index (χ2v) is 8.89. The van der Waals surface area contributed by atoms with Gasteiger partial charge in [-0.3, -0.25) is 4.99 Å². The second-order valence-electron chi connectivity index (χ2n) is 7.94. The average molecular weight is 414 g/mol. The van der Waals surface area contributed by atoms with Crippen molar-refractivity contribution in [2.24, 2.45) is 4.99 Å². The van der Waals surface area contributed by atoms with Crippen LogP contribution in [0.4, 0.5) is 0 Å². The fourth-order valence-electron chi connectivity index (χ4n) is 4.10. The van der Waals surface area contributed by atoms with Crippen molar-refractivity contribution in [1.82, 2.24) is 9.88 Å². The monoisotopic (exact) mass is 413 g/mol. The zero-order chi connectivity index (χ0) is 20.2. The lowest BCUT2D eigenvalue weighted by atomic mass is 10.1. The summed E-state index contributed by atoms with van der Waals surface area (Å²) >= 11 is 1.71. The van der Waals surface area contributed by atoms with Crippen molar-refractivity contribution in [3.8, 4) is 0 Å². The average Bonchev–Trinajstić information content (AvgIpc) is 3.20. The molecule has 1 aromatic carbocycles. The van der Waals surface area contributed by atoms with Crippen molar-refractivity contribution in [3.63, 3.8) is 0 Å². The molecular formula is C23H31N3O2S. The lowest BCUT2D eigenvalue weighted by Gasteiger charge is -2.32. The van der Waals surface area contributed by atoms with E-state index in [0.717, 1.165) is 74.4 Å². The van der Waals surface area contributed by atoms with E-state index >= 15 is 0 Å². The van der Waals surface area contributed by atoms with Crippen LogP contribution in [0.2, 0.25) is 0 Å². The number of nitrogens with zero attached hydrogens (tertiary/aromatic N) is 3. The van der Waals surface area contributed by atoms with Crippen molar-refractivity contribution >= 4 is 27.8 Å². The van der Waals surface area contributed by atoms with Crippen molar-refractivity contribution in [1.29, 1.82) is 0 Å². The highest BCUT2D eigenvalue weighted by atomic mass is 32.2. The van der Waals surface area contributed by atoms with Crippen LogP contribution in [0, 0.1) is 13.8 Å². The molecule has 2 aromatic rings. The molecule has 5 nitrogen and oxygen atoms in total. The van der Waals surface area contributed by atoms with Crippen LogP contribution in [0.5, 0.6) is 0 Å². The minimum absolute atomic E-state index is 0.309. The summed E-state index contributed by atoms with van der Waals surface area (Å²) in [4.78, 5) is 12.3. The van der Waals surface area contributed by atoms with Gasteiger partial charge in [-0.15, -0.1) is 0 Å². The summed E-state index contributed by atoms with van der Waals surface area (Å²) in [5.74, 6) is 0. The predicted octanol–water partition coefficient (Wildman–Crippen LogP) is 4.72. The molecule has 2 aliphatic rings. The Bertz CT molecular complexity index is 893. The highest BCUT2D eigenvalue weighted by molar-refractivity contribution is 8.13. The quantitative estimate of drug-likeness (QED) is 0.615. The molecule has 1 aromatic heterocycles. The first-order chi connectivity index (χ1) is 14.1. The summed E-state index contributed by atoms with van der Waals surface area (Å²) in [6.45, 7) is 11.3. The van der Waals surface area contributed by atoms with Crippen molar-refractivity contribution in [2.45, 2.75) is 57.7 Å². The molecule has 0 N–H and O–H groups in total. The van der Waals surface area contributed by atoms with Gasteiger partial charge in [-0.25, -0.2) is 4.98 Å². The van der Waals surface area contributed by atoms with Crippen LogP contribution < -0.4 is 0 Å². The van der Waals surface area contributed by atoms with Gasteiger partial charge in [0, 0.05) is 50.4 Å². The summed E-state index contributed by atoms with van der Waals surface area (Å²) in [7, 11) is 0. The standard InChI is InChI=1S/C23H31N3O2S/c1-4-27-9-6-8-24-23-26(15-20-7-5-10-28-20)14-19-13-18-12-16(2)11-17(3)21(18)25-22(19)29-23/h11-13,20H,4-10,14-15H2,1-3H3. The number of hydrogen-bond acceptors (Lipinski definition) is 5. The lowest BCUT2D eigenvalue weighted by molar-refractivity contribution is 0.0902. The first-order valence-electron chi connectivity index (χ1n) is 10.7. The molecule has 2 aliphatic heterocycles. The van der Waals surface area contributed by atoms with E-state index in [1.165, 1.54) is 22.1 Å². The Morgan fingerprint density at radius 1 is 1.31 bits per heavy atom. The van der Waals surface area contributed by atoms with E-state index in [4.69, 9.17) is 19.5 Å². The van der Waals surface area contributed by atoms with E-state index < -0.39 is 0 Å². The van der Waals surface area contributed by atoms with Gasteiger partial charge in [-0.2, -0.15) is 0 Å². The van der Waals surface area contributed by atoms with Crippen molar-refractivity contribution in [2.75, 3.05) is 32.9 Å². The fourth-order valence-corrected chi connectivity index (χ4v) is 5.09. The van der Waals surface area contributed by atoms with E-state index in [1.807, 2.05) is 6.92 Å². The number of benzene rings is 1. The zero-order valence-corrected chi connectivity index (χ0v) is 18.6. The van der Waals surface area contributed by atoms with Crippen LogP contribution in [0.25, 0.3) is 10.9 Å². The van der Waals surface area contributed by atoms with Gasteiger partial charge in [0.25, 0.3) is 0 Å². The summed E-state index contributed by atoms with van der Waals surface area (Å²) in [5.41, 5.74) is 4.91. The number of pyridine rings is 1. The van der Waals surface area contributed by atoms with Crippen molar-refractivity contribution < 1.29 is 9.47 Å². The third-order valence-electron chi connectivity index (χ3n) is 5.46. The van der Waals surface area contributed by atoms with E-state index in [-0.39, 0.29) is 0 Å². The van der Waals surface area contributed by atoms with E-state index in [1.54, 1.807) is 11.8 Å². The summed E-state index contributed by atoms with van der Waals surface area (Å²) in [5, 5.41) is 3.40. The fraction of sp³-hybridized carbons (Fsp3) is 0.565. The van der Waals surface area contributed by atoms with Gasteiger partial charge >= 0.3 is 0 Å². The largest absolute Gasteiger partial charge is 0.382 e. The minimum atomic E-state index is 0.309. The topological polar surface area (TPSA) is 47.0 Å². The summed E-state index contributed by atoms with van der Waals surface area (Å²) in [6.07, 6.45) is 3.55. The van der Waals surface area contributed by atoms with Gasteiger partial charge in [-0.05, 0) is 69.5 Å². The van der Waals surface area contributed by atoms with Crippen molar-refractivity contribution in [3.05, 3.63) is 34.9 Å². The third-order valence-corrected chi connectivity index (χ3v) is 6.57. The Labute approximate surface area is 177 Å². The second kappa shape index (κ2) is 9.45. The highest BCUT2D eigenvalue weighted by Gasteiger charge is 2.28. The smallest absolute Gasteiger partial charge is 0.165 e. The van der Waals surface area contributed by atoms with Gasteiger partial charge in [0.1, 0.15) is 5.03 Å². The Morgan fingerprint density at radius 3 is 3.00 bits per heavy atom. The van der Waals surface area contributed by atoms with Gasteiger partial charge in [-0.1, -0.05) is 11.6 Å². The lowest BCUT2D eigenvalue weighted by Crippen LogP contribution is -2.38. The predicted molar refractivity (Wildman–Crippen MR) is 120 cm³/mol. The molecular weight excluding hydrogens is 382 g/mol. The molecule has 0 radical (unpaired) electrons. The van der Waals surface area contributed by atoms with Crippen LogP contribution in [0.15, 0.2) is 28.2 Å². The molecule has 1 saturated heterocycles. The molecule has 1 unspecified atom stereocenters. The normalized spacial score (nSPS) is 20.6. The van der Waals surface area contributed by atoms with Crippen LogP contribution in [-0.4, -0.2) is 54.1 Å². The number of hydrogen-bond donors (Lipinski definition) is 0. The van der Waals surface area contributed by atoms with Gasteiger partial charge in [0.15, 0.2) is 5.17 Å². The number of thioether (sulfide) groups is 1. The molecule has 0 bridgehead atoms. The Balaban J connectivity index is 1.60. The van der Waals surface area contributed by atoms with Crippen LogP contribution in [-0.2, 0) is 16.0 Å². The van der Waals surface area contributed by atoms with Gasteiger partial charge < -0.3 is 14.4 Å². The SMILES string of the molecule is CCOCCCN=C1Sc2nc3c(C)cc(C)cc3cc2CN1CC1CCCO1. The number of aliphatic imine (C=N–C) groups is 1. The molecule has 29 heavy (non-hydrogen) atoms. The molecule has 4 rings (SSSR count). The molecule has 0 amide bonds. The Kier molecular flexibility index (Phi) is 6.73. The first-order valence-corrected chi connectivity index (χ1v) is 11.5.